The number of likely N-dealkylation sites (tertiary alicyclic amines) is 1. The number of carbonyl (C=O) groups excluding carboxylic acids is 1. The van der Waals surface area contributed by atoms with E-state index in [4.69, 9.17) is 0 Å². The summed E-state index contributed by atoms with van der Waals surface area (Å²) >= 11 is 3.15. The maximum Gasteiger partial charge on any atom is 0.254 e. The van der Waals surface area contributed by atoms with Crippen LogP contribution in [0.3, 0.4) is 0 Å². The Morgan fingerprint density at radius 1 is 1.26 bits per heavy atom. The third-order valence-corrected chi connectivity index (χ3v) is 5.05. The lowest BCUT2D eigenvalue weighted by molar-refractivity contribution is 0.0690. The minimum atomic E-state index is -0.325. The fraction of sp³-hybridized carbons (Fsp3) is 0.533. The summed E-state index contributed by atoms with van der Waals surface area (Å²) in [6.45, 7) is 0.850. The highest BCUT2D eigenvalue weighted by Gasteiger charge is 2.38. The molecule has 1 saturated carbocycles. The van der Waals surface area contributed by atoms with Crippen molar-refractivity contribution in [2.75, 3.05) is 6.54 Å². The summed E-state index contributed by atoms with van der Waals surface area (Å²) in [4.78, 5) is 14.6. The molecule has 0 spiro atoms. The number of benzene rings is 1. The number of halogens is 2. The molecular weight excluding hydrogens is 309 g/mol. The zero-order chi connectivity index (χ0) is 13.4. The standard InChI is InChI=1S/C15H17BrFNO/c16-12-9-11(5-6-13(12)17)15(19)18-8-7-10-3-1-2-4-14(10)18/h5-6,9-10,14H,1-4,7-8H2. The molecule has 0 bridgehead atoms. The summed E-state index contributed by atoms with van der Waals surface area (Å²) in [5.41, 5.74) is 0.583. The van der Waals surface area contributed by atoms with Gasteiger partial charge < -0.3 is 4.90 Å². The molecule has 1 aromatic carbocycles. The Morgan fingerprint density at radius 2 is 2.05 bits per heavy atom. The molecular formula is C15H17BrFNO. The highest BCUT2D eigenvalue weighted by Crippen LogP contribution is 2.37. The predicted molar refractivity (Wildman–Crippen MR) is 75.5 cm³/mol. The molecule has 0 N–H and O–H groups in total. The van der Waals surface area contributed by atoms with E-state index in [0.29, 0.717) is 22.0 Å². The van der Waals surface area contributed by atoms with E-state index in [0.717, 1.165) is 19.4 Å². The molecule has 1 heterocycles. The molecule has 1 aliphatic carbocycles. The second-order valence-corrected chi connectivity index (χ2v) is 6.38. The van der Waals surface area contributed by atoms with Crippen LogP contribution in [0.5, 0.6) is 0 Å². The molecule has 3 rings (SSSR count). The average molecular weight is 326 g/mol. The number of nitrogens with zero attached hydrogens (tertiary/aromatic N) is 1. The van der Waals surface area contributed by atoms with Crippen LogP contribution in [0.2, 0.25) is 0 Å². The molecule has 2 nitrogen and oxygen atoms in total. The van der Waals surface area contributed by atoms with E-state index < -0.39 is 0 Å². The predicted octanol–water partition coefficient (Wildman–Crippen LogP) is 3.99. The third kappa shape index (κ3) is 2.42. The Hall–Kier alpha value is -0.900. The highest BCUT2D eigenvalue weighted by atomic mass is 79.9. The van der Waals surface area contributed by atoms with Crippen molar-refractivity contribution in [3.63, 3.8) is 0 Å². The molecule has 0 radical (unpaired) electrons. The van der Waals surface area contributed by atoms with Crippen molar-refractivity contribution in [1.82, 2.24) is 4.90 Å². The number of rotatable bonds is 1. The van der Waals surface area contributed by atoms with E-state index in [1.165, 1.54) is 25.3 Å². The van der Waals surface area contributed by atoms with Crippen molar-refractivity contribution in [1.29, 1.82) is 0 Å². The highest BCUT2D eigenvalue weighted by molar-refractivity contribution is 9.10. The third-order valence-electron chi connectivity index (χ3n) is 4.44. The van der Waals surface area contributed by atoms with Gasteiger partial charge in [-0.05, 0) is 59.3 Å². The smallest absolute Gasteiger partial charge is 0.254 e. The number of hydrogen-bond donors (Lipinski definition) is 0. The van der Waals surface area contributed by atoms with Crippen LogP contribution in [0.4, 0.5) is 4.39 Å². The summed E-state index contributed by atoms with van der Waals surface area (Å²) in [6, 6.07) is 4.93. The van der Waals surface area contributed by atoms with Crippen LogP contribution in [-0.2, 0) is 0 Å². The SMILES string of the molecule is O=C(c1ccc(F)c(Br)c1)N1CCC2CCCCC21. The molecule has 1 saturated heterocycles. The van der Waals surface area contributed by atoms with Crippen LogP contribution in [-0.4, -0.2) is 23.4 Å². The molecule has 0 aromatic heterocycles. The van der Waals surface area contributed by atoms with Crippen LogP contribution >= 0.6 is 15.9 Å². The van der Waals surface area contributed by atoms with Crippen molar-refractivity contribution < 1.29 is 9.18 Å². The lowest BCUT2D eigenvalue weighted by Crippen LogP contribution is -2.39. The summed E-state index contributed by atoms with van der Waals surface area (Å²) < 4.78 is 13.6. The second-order valence-electron chi connectivity index (χ2n) is 5.53. The lowest BCUT2D eigenvalue weighted by atomic mass is 9.85. The molecule has 2 fully saturated rings. The normalized spacial score (nSPS) is 26.3. The van der Waals surface area contributed by atoms with E-state index in [9.17, 15) is 9.18 Å². The van der Waals surface area contributed by atoms with Crippen LogP contribution in [0.1, 0.15) is 42.5 Å². The van der Waals surface area contributed by atoms with Crippen molar-refractivity contribution in [3.8, 4) is 0 Å². The first kappa shape index (κ1) is 13.1. The number of fused-ring (bicyclic) bond motifs is 1. The van der Waals surface area contributed by atoms with E-state index in [1.807, 2.05) is 4.90 Å². The second kappa shape index (κ2) is 5.23. The quantitative estimate of drug-likeness (QED) is 0.764. The number of carbonyl (C=O) groups is 1. The van der Waals surface area contributed by atoms with Gasteiger partial charge in [0.15, 0.2) is 0 Å². The summed E-state index contributed by atoms with van der Waals surface area (Å²) in [7, 11) is 0. The van der Waals surface area contributed by atoms with Gasteiger partial charge in [-0.1, -0.05) is 12.8 Å². The van der Waals surface area contributed by atoms with Gasteiger partial charge in [-0.3, -0.25) is 4.79 Å². The fourth-order valence-electron chi connectivity index (χ4n) is 3.45. The van der Waals surface area contributed by atoms with Gasteiger partial charge in [-0.2, -0.15) is 0 Å². The van der Waals surface area contributed by atoms with E-state index in [-0.39, 0.29) is 11.7 Å². The molecule has 2 atom stereocenters. The Kier molecular flexibility index (Phi) is 3.61. The molecule has 2 unspecified atom stereocenters. The van der Waals surface area contributed by atoms with Crippen LogP contribution in [0, 0.1) is 11.7 Å². The molecule has 1 amide bonds. The van der Waals surface area contributed by atoms with Crippen LogP contribution in [0.15, 0.2) is 22.7 Å². The molecule has 19 heavy (non-hydrogen) atoms. The van der Waals surface area contributed by atoms with E-state index in [2.05, 4.69) is 15.9 Å². The minimum Gasteiger partial charge on any atom is -0.335 e. The zero-order valence-electron chi connectivity index (χ0n) is 10.7. The largest absolute Gasteiger partial charge is 0.335 e. The fourth-order valence-corrected chi connectivity index (χ4v) is 3.83. The summed E-state index contributed by atoms with van der Waals surface area (Å²) in [5.74, 6) is 0.408. The van der Waals surface area contributed by atoms with E-state index in [1.54, 1.807) is 12.1 Å². The number of amides is 1. The maximum atomic E-state index is 13.2. The molecule has 4 heteroatoms. The van der Waals surface area contributed by atoms with Crippen LogP contribution < -0.4 is 0 Å². The Morgan fingerprint density at radius 3 is 2.84 bits per heavy atom. The average Bonchev–Trinajstić information content (AvgIpc) is 2.85. The first-order chi connectivity index (χ1) is 9.16. The Bertz CT molecular complexity index is 505. The van der Waals surface area contributed by atoms with Crippen molar-refractivity contribution in [3.05, 3.63) is 34.1 Å². The molecule has 1 aromatic rings. The van der Waals surface area contributed by atoms with Gasteiger partial charge in [0, 0.05) is 18.2 Å². The topological polar surface area (TPSA) is 20.3 Å². The summed E-state index contributed by atoms with van der Waals surface area (Å²) in [6.07, 6.45) is 6.02. The van der Waals surface area contributed by atoms with Gasteiger partial charge in [0.25, 0.3) is 5.91 Å². The van der Waals surface area contributed by atoms with Crippen molar-refractivity contribution in [2.24, 2.45) is 5.92 Å². The van der Waals surface area contributed by atoms with Crippen molar-refractivity contribution >= 4 is 21.8 Å². The monoisotopic (exact) mass is 325 g/mol. The van der Waals surface area contributed by atoms with E-state index >= 15 is 0 Å². The first-order valence-electron chi connectivity index (χ1n) is 6.93. The maximum absolute atomic E-state index is 13.2. The Labute approximate surface area is 121 Å². The zero-order valence-corrected chi connectivity index (χ0v) is 12.3. The van der Waals surface area contributed by atoms with Gasteiger partial charge in [0.1, 0.15) is 5.82 Å². The van der Waals surface area contributed by atoms with Crippen LogP contribution in [0.25, 0.3) is 0 Å². The lowest BCUT2D eigenvalue weighted by Gasteiger charge is -2.31. The Balaban J connectivity index is 1.81. The first-order valence-corrected chi connectivity index (χ1v) is 7.72. The van der Waals surface area contributed by atoms with Gasteiger partial charge in [-0.25, -0.2) is 4.39 Å². The van der Waals surface area contributed by atoms with Crippen molar-refractivity contribution in [2.45, 2.75) is 38.1 Å². The molecule has 1 aliphatic heterocycles. The van der Waals surface area contributed by atoms with Gasteiger partial charge in [0.05, 0.1) is 4.47 Å². The number of hydrogen-bond acceptors (Lipinski definition) is 1. The molecule has 2 aliphatic rings. The van der Waals surface area contributed by atoms with Gasteiger partial charge in [0.2, 0.25) is 0 Å². The minimum absolute atomic E-state index is 0.0510. The van der Waals surface area contributed by atoms with Gasteiger partial charge in [-0.15, -0.1) is 0 Å². The van der Waals surface area contributed by atoms with Gasteiger partial charge >= 0.3 is 0 Å². The summed E-state index contributed by atoms with van der Waals surface area (Å²) in [5, 5.41) is 0. The molecule has 102 valence electrons.